The van der Waals surface area contributed by atoms with Crippen molar-refractivity contribution < 1.29 is 4.79 Å². The van der Waals surface area contributed by atoms with Crippen LogP contribution in [0.15, 0.2) is 89.8 Å². The highest BCUT2D eigenvalue weighted by Gasteiger charge is 2.25. The van der Waals surface area contributed by atoms with Crippen LogP contribution in [-0.4, -0.2) is 25.1 Å². The van der Waals surface area contributed by atoms with Gasteiger partial charge in [0, 0.05) is 54.6 Å². The minimum absolute atomic E-state index is 0.137. The van der Waals surface area contributed by atoms with E-state index >= 15 is 0 Å². The van der Waals surface area contributed by atoms with Gasteiger partial charge < -0.3 is 9.97 Å². The molecule has 7 aromatic rings. The minimum Gasteiger partial charge on any atom is -0.354 e. The van der Waals surface area contributed by atoms with E-state index < -0.39 is 5.41 Å². The lowest BCUT2D eigenvalue weighted by Gasteiger charge is -2.15. The molecule has 64 heavy (non-hydrogen) atoms. The summed E-state index contributed by atoms with van der Waals surface area (Å²) in [6, 6.07) is 30.8. The molecule has 8 bridgehead atoms. The van der Waals surface area contributed by atoms with Gasteiger partial charge in [0.15, 0.2) is 5.12 Å². The van der Waals surface area contributed by atoms with E-state index in [1.54, 1.807) is 0 Å². The van der Waals surface area contributed by atoms with Crippen molar-refractivity contribution in [3.63, 3.8) is 0 Å². The Balaban J connectivity index is 1.46. The number of nitrogens with zero attached hydrogens (tertiary/aromatic N) is 2. The molecule has 0 saturated heterocycles. The van der Waals surface area contributed by atoms with Crippen LogP contribution in [0.1, 0.15) is 93.6 Å². The molecule has 0 atom stereocenters. The monoisotopic (exact) mass is 856 g/mol. The molecular formula is C58H56N4OS. The largest absolute Gasteiger partial charge is 0.354 e. The third-order valence-corrected chi connectivity index (χ3v) is 13.8. The molecule has 0 radical (unpaired) electrons. The first kappa shape index (κ1) is 42.8. The second-order valence-corrected chi connectivity index (χ2v) is 20.0. The maximum atomic E-state index is 13.1. The highest BCUT2D eigenvalue weighted by atomic mass is 32.2. The van der Waals surface area contributed by atoms with Gasteiger partial charge in [-0.05, 0) is 179 Å². The lowest BCUT2D eigenvalue weighted by Crippen LogP contribution is -2.16. The molecule has 5 nitrogen and oxygen atoms in total. The number of carbonyl (C=O) groups is 1. The van der Waals surface area contributed by atoms with Gasteiger partial charge in [-0.25, -0.2) is 9.97 Å². The van der Waals surface area contributed by atoms with Crippen LogP contribution < -0.4 is 0 Å². The van der Waals surface area contributed by atoms with Crippen molar-refractivity contribution in [1.82, 2.24) is 19.9 Å². The molecule has 0 fully saturated rings. The summed E-state index contributed by atoms with van der Waals surface area (Å²) in [5, 5.41) is 0.137. The average molecular weight is 857 g/mol. The highest BCUT2D eigenvalue weighted by molar-refractivity contribution is 8.13. The minimum atomic E-state index is -0.445. The number of rotatable bonds is 5. The number of nitrogens with one attached hydrogen (secondary N) is 2. The van der Waals surface area contributed by atoms with E-state index in [0.717, 1.165) is 83.1 Å². The van der Waals surface area contributed by atoms with E-state index in [4.69, 9.17) is 9.97 Å². The number of H-pyrrole nitrogens is 2. The van der Waals surface area contributed by atoms with Gasteiger partial charge in [-0.2, -0.15) is 0 Å². The fraction of sp³-hybridized carbons (Fsp3) is 0.224. The zero-order valence-corrected chi connectivity index (χ0v) is 39.9. The first-order chi connectivity index (χ1) is 30.4. The third kappa shape index (κ3) is 7.79. The summed E-state index contributed by atoms with van der Waals surface area (Å²) in [6.07, 6.45) is 8.71. The summed E-state index contributed by atoms with van der Waals surface area (Å²) >= 11 is 1.30. The second-order valence-electron chi connectivity index (χ2n) is 19.0. The zero-order valence-electron chi connectivity index (χ0n) is 39.1. The van der Waals surface area contributed by atoms with Crippen molar-refractivity contribution in [3.05, 3.63) is 158 Å². The van der Waals surface area contributed by atoms with E-state index in [9.17, 15) is 4.79 Å². The molecule has 320 valence electrons. The van der Waals surface area contributed by atoms with Gasteiger partial charge in [0.1, 0.15) is 0 Å². The summed E-state index contributed by atoms with van der Waals surface area (Å²) in [4.78, 5) is 33.1. The third-order valence-electron chi connectivity index (χ3n) is 12.5. The molecule has 0 aliphatic carbocycles. The molecule has 0 saturated carbocycles. The average Bonchev–Trinajstić information content (AvgIpc) is 4.05. The highest BCUT2D eigenvalue weighted by Crippen LogP contribution is 2.43. The van der Waals surface area contributed by atoms with E-state index in [1.165, 1.54) is 73.0 Å². The van der Waals surface area contributed by atoms with Crippen LogP contribution in [0.4, 0.5) is 0 Å². The maximum absolute atomic E-state index is 13.1. The summed E-state index contributed by atoms with van der Waals surface area (Å²) in [6.45, 7) is 25.6. The second kappa shape index (κ2) is 16.2. The molecule has 6 heteroatoms. The summed E-state index contributed by atoms with van der Waals surface area (Å²) in [7, 11) is 0. The van der Waals surface area contributed by atoms with Gasteiger partial charge in [0.05, 0.1) is 22.8 Å². The van der Waals surface area contributed by atoms with Crippen molar-refractivity contribution in [3.8, 4) is 44.5 Å². The molecule has 9 rings (SSSR count). The molecule has 2 aliphatic rings. The van der Waals surface area contributed by atoms with Crippen molar-refractivity contribution in [2.75, 3.05) is 0 Å². The Morgan fingerprint density at radius 3 is 1.08 bits per heavy atom. The fourth-order valence-corrected chi connectivity index (χ4v) is 10.8. The van der Waals surface area contributed by atoms with Crippen LogP contribution in [0, 0.1) is 67.7 Å². The fourth-order valence-electron chi connectivity index (χ4n) is 9.97. The van der Waals surface area contributed by atoms with Crippen LogP contribution in [0.5, 0.6) is 0 Å². The Bertz CT molecular complexity index is 3100. The van der Waals surface area contributed by atoms with Gasteiger partial charge >= 0.3 is 0 Å². The predicted octanol–water partition coefficient (Wildman–Crippen LogP) is 15.8. The number of aryl methyl sites for hydroxylation is 9. The number of carbonyl (C=O) groups excluding carboxylic acids is 1. The number of aromatic nitrogens is 4. The Morgan fingerprint density at radius 1 is 0.422 bits per heavy atom. The van der Waals surface area contributed by atoms with E-state index in [2.05, 4.69) is 182 Å². The number of hydrogen-bond donors (Lipinski definition) is 2. The SMILES string of the molecule is Cc1cc(C)c(-c2c3nc(c(-c4c(C)cc(C)cc4C)c4ccc([nH]4)c(-c4ccc(SC(=O)C(C)(C)C)cc4)c4ccc([nH]4)c(-c4c(C)cc(C)cc4C)c4nc2C=C4)C=C3)c(C)c1. The van der Waals surface area contributed by atoms with Crippen LogP contribution in [0.2, 0.25) is 0 Å². The topological polar surface area (TPSA) is 74.4 Å². The van der Waals surface area contributed by atoms with Crippen LogP contribution >= 0.6 is 11.8 Å². The predicted molar refractivity (Wildman–Crippen MR) is 274 cm³/mol. The normalized spacial score (nSPS) is 12.4. The number of hydrogen-bond acceptors (Lipinski definition) is 4. The number of fused-ring (bicyclic) bond motifs is 8. The summed E-state index contributed by atoms with van der Waals surface area (Å²) in [5.74, 6) is 0. The molecule has 2 aliphatic heterocycles. The van der Waals surface area contributed by atoms with Gasteiger partial charge in [-0.1, -0.05) is 97.8 Å². The van der Waals surface area contributed by atoms with Gasteiger partial charge in [0.2, 0.25) is 0 Å². The zero-order chi connectivity index (χ0) is 45.4. The Morgan fingerprint density at radius 2 is 0.734 bits per heavy atom. The first-order valence-electron chi connectivity index (χ1n) is 22.2. The van der Waals surface area contributed by atoms with Crippen molar-refractivity contribution >= 4 is 63.2 Å². The van der Waals surface area contributed by atoms with Crippen LogP contribution in [0.25, 0.3) is 90.9 Å². The first-order valence-corrected chi connectivity index (χ1v) is 23.0. The molecule has 2 N–H and O–H groups in total. The smallest absolute Gasteiger partial charge is 0.198 e. The quantitative estimate of drug-likeness (QED) is 0.169. The van der Waals surface area contributed by atoms with Crippen molar-refractivity contribution in [2.45, 2.75) is 88.0 Å². The maximum Gasteiger partial charge on any atom is 0.198 e. The van der Waals surface area contributed by atoms with E-state index in [0.29, 0.717) is 0 Å². The van der Waals surface area contributed by atoms with Gasteiger partial charge in [-0.3, -0.25) is 4.79 Å². The molecule has 5 heterocycles. The number of thioether (sulfide) groups is 1. The Hall–Kier alpha value is -6.50. The molecule has 4 aromatic carbocycles. The van der Waals surface area contributed by atoms with Crippen molar-refractivity contribution in [2.24, 2.45) is 5.41 Å². The van der Waals surface area contributed by atoms with Gasteiger partial charge in [-0.15, -0.1) is 0 Å². The van der Waals surface area contributed by atoms with E-state index in [-0.39, 0.29) is 5.12 Å². The standard InChI is InChI=1S/C58H56N4OS/c1-31-25-34(4)50(35(5)26-31)54-44-19-17-42(59-44)53(40-13-15-41(16-14-40)64-57(63)58(10,11)12)43-18-20-45(60-43)55(51-36(6)27-32(2)28-37(51)7)47-22-24-49(62-47)56(48-23-21-46(54)61-48)52-38(8)29-33(3)30-39(52)9/h13-30,59-60H,1-12H3. The lowest BCUT2D eigenvalue weighted by atomic mass is 9.92. The molecule has 0 amide bonds. The molecule has 0 unspecified atom stereocenters. The van der Waals surface area contributed by atoms with Crippen molar-refractivity contribution in [1.29, 1.82) is 0 Å². The molecule has 3 aromatic heterocycles. The summed E-state index contributed by atoms with van der Waals surface area (Å²) < 4.78 is 0. The lowest BCUT2D eigenvalue weighted by molar-refractivity contribution is -0.117. The Labute approximate surface area is 381 Å². The van der Waals surface area contributed by atoms with Gasteiger partial charge in [0.25, 0.3) is 0 Å². The Kier molecular flexibility index (Phi) is 10.9. The molecular weight excluding hydrogens is 801 g/mol. The summed E-state index contributed by atoms with van der Waals surface area (Å²) in [5.41, 5.74) is 26.5. The van der Waals surface area contributed by atoms with Crippen LogP contribution in [0.3, 0.4) is 0 Å². The van der Waals surface area contributed by atoms with E-state index in [1.807, 2.05) is 20.8 Å². The number of benzene rings is 4. The van der Waals surface area contributed by atoms with Crippen LogP contribution in [-0.2, 0) is 4.79 Å². The molecule has 0 spiro atoms. The number of aromatic amines is 2.